The minimum Gasteiger partial charge on any atom is -0.326 e. The van der Waals surface area contributed by atoms with E-state index in [-0.39, 0.29) is 11.8 Å². The number of nitrogens with one attached hydrogen (secondary N) is 2. The van der Waals surface area contributed by atoms with Crippen molar-refractivity contribution in [3.8, 4) is 11.3 Å². The van der Waals surface area contributed by atoms with Crippen LogP contribution in [-0.4, -0.2) is 28.7 Å². The van der Waals surface area contributed by atoms with Crippen molar-refractivity contribution < 1.29 is 9.59 Å². The van der Waals surface area contributed by atoms with Gasteiger partial charge in [0.15, 0.2) is 0 Å². The molecule has 0 unspecified atom stereocenters. The number of rotatable bonds is 5. The molecule has 1 fully saturated rings. The molecule has 2 N–H and O–H groups in total. The highest BCUT2D eigenvalue weighted by atomic mass is 32.1. The van der Waals surface area contributed by atoms with E-state index in [0.29, 0.717) is 17.9 Å². The van der Waals surface area contributed by atoms with Gasteiger partial charge in [0.05, 0.1) is 11.4 Å². The summed E-state index contributed by atoms with van der Waals surface area (Å²) in [5.74, 6) is -0.340. The maximum Gasteiger partial charge on any atom is 0.221 e. The summed E-state index contributed by atoms with van der Waals surface area (Å²) in [7, 11) is 0. The van der Waals surface area contributed by atoms with Gasteiger partial charge in [-0.25, -0.2) is 4.68 Å². The Labute approximate surface area is 168 Å². The standard InChI is InChI=1S/C20H25N5O2S/c1-4-21-20-25(24-15-7-5-6-8-15)19(12-28-20)17-10-9-16(22-13(2)26)11-18(17)23-14(3)27/h9-12H,4-8H2,1-3H3,(H,22,26)(H,23,27). The molecule has 2 aromatic rings. The van der Waals surface area contributed by atoms with Crippen LogP contribution in [0.2, 0.25) is 0 Å². The van der Waals surface area contributed by atoms with E-state index >= 15 is 0 Å². The summed E-state index contributed by atoms with van der Waals surface area (Å²) >= 11 is 1.53. The molecule has 1 heterocycles. The van der Waals surface area contributed by atoms with Gasteiger partial charge >= 0.3 is 0 Å². The topological polar surface area (TPSA) is 87.9 Å². The largest absolute Gasteiger partial charge is 0.326 e. The third kappa shape index (κ3) is 4.75. The quantitative estimate of drug-likeness (QED) is 0.800. The maximum atomic E-state index is 11.8. The number of nitrogens with zero attached hydrogens (tertiary/aromatic N) is 3. The fourth-order valence-corrected chi connectivity index (χ4v) is 4.08. The van der Waals surface area contributed by atoms with Crippen LogP contribution in [0.25, 0.3) is 11.3 Å². The number of hydrogen-bond donors (Lipinski definition) is 2. The molecule has 8 heteroatoms. The predicted molar refractivity (Wildman–Crippen MR) is 114 cm³/mol. The molecule has 1 aliphatic carbocycles. The zero-order valence-electron chi connectivity index (χ0n) is 16.4. The highest BCUT2D eigenvalue weighted by molar-refractivity contribution is 7.07. The second-order valence-corrected chi connectivity index (χ2v) is 7.52. The molecule has 1 saturated carbocycles. The van der Waals surface area contributed by atoms with Crippen LogP contribution in [0.5, 0.6) is 0 Å². The summed E-state index contributed by atoms with van der Waals surface area (Å²) < 4.78 is 1.88. The number of thiazole rings is 1. The summed E-state index contributed by atoms with van der Waals surface area (Å²) in [4.78, 5) is 28.5. The van der Waals surface area contributed by atoms with Gasteiger partial charge in [0.2, 0.25) is 16.6 Å². The molecule has 28 heavy (non-hydrogen) atoms. The Bertz CT molecular complexity index is 979. The predicted octanol–water partition coefficient (Wildman–Crippen LogP) is 3.83. The molecule has 0 saturated heterocycles. The summed E-state index contributed by atoms with van der Waals surface area (Å²) in [6.45, 7) is 5.59. The number of anilines is 2. The average molecular weight is 400 g/mol. The van der Waals surface area contributed by atoms with Gasteiger partial charge in [-0.1, -0.05) is 0 Å². The van der Waals surface area contributed by atoms with Gasteiger partial charge in [-0.05, 0) is 50.8 Å². The van der Waals surface area contributed by atoms with E-state index in [0.717, 1.165) is 28.9 Å². The van der Waals surface area contributed by atoms with Crippen molar-refractivity contribution in [2.45, 2.75) is 46.5 Å². The van der Waals surface area contributed by atoms with E-state index in [1.807, 2.05) is 29.1 Å². The van der Waals surface area contributed by atoms with Crippen LogP contribution in [0, 0.1) is 0 Å². The van der Waals surface area contributed by atoms with Gasteiger partial charge in [-0.3, -0.25) is 14.6 Å². The van der Waals surface area contributed by atoms with Gasteiger partial charge in [0.1, 0.15) is 0 Å². The lowest BCUT2D eigenvalue weighted by atomic mass is 10.1. The molecule has 0 atom stereocenters. The Hall–Kier alpha value is -2.74. The molecule has 3 rings (SSSR count). The van der Waals surface area contributed by atoms with Crippen LogP contribution in [0.15, 0.2) is 33.7 Å². The summed E-state index contributed by atoms with van der Waals surface area (Å²) in [6, 6.07) is 5.47. The van der Waals surface area contributed by atoms with E-state index in [1.54, 1.807) is 6.07 Å². The molecule has 0 bridgehead atoms. The van der Waals surface area contributed by atoms with E-state index < -0.39 is 0 Å². The van der Waals surface area contributed by atoms with Crippen LogP contribution in [-0.2, 0) is 9.59 Å². The SMILES string of the molecule is CCN=c1scc(-c2ccc(NC(C)=O)cc2NC(C)=O)n1N=C1CCCC1. The van der Waals surface area contributed by atoms with Crippen LogP contribution < -0.4 is 15.4 Å². The Balaban J connectivity index is 2.14. The second kappa shape index (κ2) is 8.97. The van der Waals surface area contributed by atoms with Crippen molar-refractivity contribution in [1.82, 2.24) is 4.68 Å². The number of hydrogen-bond acceptors (Lipinski definition) is 5. The minimum atomic E-state index is -0.177. The minimum absolute atomic E-state index is 0.163. The first-order valence-electron chi connectivity index (χ1n) is 9.45. The van der Waals surface area contributed by atoms with E-state index in [4.69, 9.17) is 5.10 Å². The first-order chi connectivity index (χ1) is 13.5. The van der Waals surface area contributed by atoms with Crippen LogP contribution in [0.4, 0.5) is 11.4 Å². The molecule has 7 nitrogen and oxygen atoms in total. The van der Waals surface area contributed by atoms with E-state index in [9.17, 15) is 9.59 Å². The smallest absolute Gasteiger partial charge is 0.221 e. The maximum absolute atomic E-state index is 11.8. The fourth-order valence-electron chi connectivity index (χ4n) is 3.19. The average Bonchev–Trinajstić information content (AvgIpc) is 3.26. The van der Waals surface area contributed by atoms with Gasteiger partial charge < -0.3 is 10.6 Å². The molecule has 2 amide bonds. The molecular formula is C20H25N5O2S. The van der Waals surface area contributed by atoms with Crippen molar-refractivity contribution >= 4 is 40.2 Å². The summed E-state index contributed by atoms with van der Waals surface area (Å²) in [5.41, 5.74) is 4.13. The van der Waals surface area contributed by atoms with Gasteiger partial charge in [0, 0.05) is 42.7 Å². The van der Waals surface area contributed by atoms with Gasteiger partial charge in [-0.2, -0.15) is 5.10 Å². The number of benzene rings is 1. The van der Waals surface area contributed by atoms with Crippen molar-refractivity contribution in [1.29, 1.82) is 0 Å². The molecule has 0 radical (unpaired) electrons. The third-order valence-electron chi connectivity index (χ3n) is 4.33. The zero-order chi connectivity index (χ0) is 20.1. The van der Waals surface area contributed by atoms with E-state index in [1.165, 1.54) is 43.7 Å². The van der Waals surface area contributed by atoms with Crippen LogP contribution in [0.3, 0.4) is 0 Å². The second-order valence-electron chi connectivity index (χ2n) is 6.69. The lowest BCUT2D eigenvalue weighted by Gasteiger charge is -2.13. The number of aromatic nitrogens is 1. The lowest BCUT2D eigenvalue weighted by molar-refractivity contribution is -0.115. The number of carbonyl (C=O) groups excluding carboxylic acids is 2. The van der Waals surface area contributed by atoms with Gasteiger partial charge in [0.25, 0.3) is 0 Å². The van der Waals surface area contributed by atoms with Crippen molar-refractivity contribution in [3.63, 3.8) is 0 Å². The van der Waals surface area contributed by atoms with E-state index in [2.05, 4.69) is 15.6 Å². The Morgan fingerprint density at radius 2 is 1.86 bits per heavy atom. The van der Waals surface area contributed by atoms with Gasteiger partial charge in [-0.15, -0.1) is 11.3 Å². The van der Waals surface area contributed by atoms with Crippen molar-refractivity contribution in [3.05, 3.63) is 28.4 Å². The molecule has 148 valence electrons. The highest BCUT2D eigenvalue weighted by Crippen LogP contribution is 2.32. The van der Waals surface area contributed by atoms with Crippen molar-refractivity contribution in [2.75, 3.05) is 17.2 Å². The summed E-state index contributed by atoms with van der Waals surface area (Å²) in [5, 5.41) is 12.5. The Kier molecular flexibility index (Phi) is 6.41. The fraction of sp³-hybridized carbons (Fsp3) is 0.400. The van der Waals surface area contributed by atoms with Crippen LogP contribution in [0.1, 0.15) is 46.5 Å². The normalized spacial score (nSPS) is 14.2. The summed E-state index contributed by atoms with van der Waals surface area (Å²) in [6.07, 6.45) is 4.35. The molecule has 1 aliphatic rings. The lowest BCUT2D eigenvalue weighted by Crippen LogP contribution is -2.15. The Morgan fingerprint density at radius 1 is 1.14 bits per heavy atom. The molecule has 1 aromatic carbocycles. The molecule has 0 aliphatic heterocycles. The first kappa shape index (κ1) is 20.0. The zero-order valence-corrected chi connectivity index (χ0v) is 17.2. The molecular weight excluding hydrogens is 374 g/mol. The van der Waals surface area contributed by atoms with Crippen molar-refractivity contribution in [2.24, 2.45) is 10.1 Å². The number of amides is 2. The first-order valence-corrected chi connectivity index (χ1v) is 10.3. The highest BCUT2D eigenvalue weighted by Gasteiger charge is 2.16. The number of carbonyl (C=O) groups is 2. The monoisotopic (exact) mass is 399 g/mol. The third-order valence-corrected chi connectivity index (χ3v) is 5.18. The molecule has 1 aromatic heterocycles. The Morgan fingerprint density at radius 3 is 2.50 bits per heavy atom. The molecule has 0 spiro atoms. The van der Waals surface area contributed by atoms with Crippen LogP contribution >= 0.6 is 11.3 Å².